The smallest absolute Gasteiger partial charge is 0.227 e. The highest BCUT2D eigenvalue weighted by Crippen LogP contribution is 2.29. The van der Waals surface area contributed by atoms with E-state index in [1.165, 1.54) is 0 Å². The Morgan fingerprint density at radius 3 is 2.81 bits per heavy atom. The van der Waals surface area contributed by atoms with E-state index in [2.05, 4.69) is 11.4 Å². The van der Waals surface area contributed by atoms with Crippen molar-refractivity contribution in [2.24, 2.45) is 5.92 Å². The maximum absolute atomic E-state index is 12.3. The van der Waals surface area contributed by atoms with Crippen LogP contribution in [0.25, 0.3) is 0 Å². The van der Waals surface area contributed by atoms with Gasteiger partial charge >= 0.3 is 0 Å². The zero-order valence-electron chi connectivity index (χ0n) is 9.61. The van der Waals surface area contributed by atoms with Gasteiger partial charge in [-0.3, -0.25) is 4.79 Å². The van der Waals surface area contributed by atoms with E-state index in [9.17, 15) is 4.79 Å². The zero-order valence-corrected chi connectivity index (χ0v) is 9.61. The number of hydrogen-bond acceptors (Lipinski definition) is 3. The monoisotopic (exact) mass is 221 g/mol. The summed E-state index contributed by atoms with van der Waals surface area (Å²) in [7, 11) is 0. The molecule has 4 heteroatoms. The van der Waals surface area contributed by atoms with Crippen LogP contribution >= 0.6 is 0 Å². The number of rotatable bonds is 4. The Morgan fingerprint density at radius 2 is 2.25 bits per heavy atom. The first-order valence-corrected chi connectivity index (χ1v) is 6.21. The van der Waals surface area contributed by atoms with E-state index in [-0.39, 0.29) is 11.8 Å². The number of nitrogens with one attached hydrogen (secondary N) is 1. The molecule has 16 heavy (non-hydrogen) atoms. The van der Waals surface area contributed by atoms with Crippen LogP contribution in [0, 0.1) is 17.2 Å². The summed E-state index contributed by atoms with van der Waals surface area (Å²) < 4.78 is 0. The van der Waals surface area contributed by atoms with E-state index >= 15 is 0 Å². The van der Waals surface area contributed by atoms with Gasteiger partial charge in [-0.1, -0.05) is 0 Å². The van der Waals surface area contributed by atoms with Gasteiger partial charge in [0.2, 0.25) is 5.91 Å². The van der Waals surface area contributed by atoms with Crippen molar-refractivity contribution in [3.8, 4) is 6.07 Å². The number of carbonyl (C=O) groups is 1. The Labute approximate surface area is 96.6 Å². The summed E-state index contributed by atoms with van der Waals surface area (Å²) in [4.78, 5) is 14.2. The maximum Gasteiger partial charge on any atom is 0.227 e. The molecule has 88 valence electrons. The lowest BCUT2D eigenvalue weighted by atomic mass is 9.98. The van der Waals surface area contributed by atoms with Gasteiger partial charge in [-0.2, -0.15) is 5.26 Å². The molecule has 0 radical (unpaired) electrons. The Balaban J connectivity index is 1.90. The molecule has 1 amide bonds. The molecule has 2 rings (SSSR count). The molecule has 1 N–H and O–H groups in total. The minimum Gasteiger partial charge on any atom is -0.338 e. The van der Waals surface area contributed by atoms with Crippen LogP contribution in [-0.2, 0) is 4.79 Å². The predicted molar refractivity (Wildman–Crippen MR) is 60.6 cm³/mol. The lowest BCUT2D eigenvalue weighted by Gasteiger charge is -2.29. The van der Waals surface area contributed by atoms with Crippen LogP contribution < -0.4 is 5.32 Å². The molecule has 0 bridgehead atoms. The molecule has 1 saturated heterocycles. The fourth-order valence-corrected chi connectivity index (χ4v) is 2.33. The third kappa shape index (κ3) is 2.73. The number of hydrogen-bond donors (Lipinski definition) is 1. The third-order valence-corrected chi connectivity index (χ3v) is 3.38. The fourth-order valence-electron chi connectivity index (χ4n) is 2.33. The summed E-state index contributed by atoms with van der Waals surface area (Å²) in [5, 5.41) is 11.9. The second kappa shape index (κ2) is 5.31. The molecule has 4 nitrogen and oxygen atoms in total. The van der Waals surface area contributed by atoms with E-state index in [1.807, 2.05) is 4.90 Å². The standard InChI is InChI=1S/C12H19N3O/c13-6-2-8-15(11-4-5-11)12(16)10-3-1-7-14-9-10/h10-11,14H,1-5,7-9H2. The number of piperidine rings is 1. The molecule has 0 aromatic heterocycles. The van der Waals surface area contributed by atoms with Crippen molar-refractivity contribution in [3.63, 3.8) is 0 Å². The van der Waals surface area contributed by atoms with E-state index in [0.29, 0.717) is 19.0 Å². The molecule has 1 saturated carbocycles. The van der Waals surface area contributed by atoms with Gasteiger partial charge < -0.3 is 10.2 Å². The molecule has 1 heterocycles. The Hall–Kier alpha value is -1.08. The molecule has 1 aliphatic carbocycles. The third-order valence-electron chi connectivity index (χ3n) is 3.38. The van der Waals surface area contributed by atoms with Crippen molar-refractivity contribution >= 4 is 5.91 Å². The second-order valence-electron chi connectivity index (χ2n) is 4.71. The van der Waals surface area contributed by atoms with E-state index in [0.717, 1.165) is 38.8 Å². The van der Waals surface area contributed by atoms with Crippen LogP contribution in [0.3, 0.4) is 0 Å². The van der Waals surface area contributed by atoms with Crippen molar-refractivity contribution in [1.82, 2.24) is 10.2 Å². The lowest BCUT2D eigenvalue weighted by Crippen LogP contribution is -2.44. The summed E-state index contributed by atoms with van der Waals surface area (Å²) >= 11 is 0. The summed E-state index contributed by atoms with van der Waals surface area (Å²) in [6, 6.07) is 2.56. The number of carbonyl (C=O) groups excluding carboxylic acids is 1. The Morgan fingerprint density at radius 1 is 1.44 bits per heavy atom. The first-order chi connectivity index (χ1) is 7.83. The molecular formula is C12H19N3O. The first kappa shape index (κ1) is 11.4. The van der Waals surface area contributed by atoms with Crippen LogP contribution in [-0.4, -0.2) is 36.5 Å². The highest BCUT2D eigenvalue weighted by atomic mass is 16.2. The molecule has 0 aromatic carbocycles. The van der Waals surface area contributed by atoms with Gasteiger partial charge in [0.1, 0.15) is 0 Å². The molecule has 1 aliphatic heterocycles. The largest absolute Gasteiger partial charge is 0.338 e. The van der Waals surface area contributed by atoms with Crippen molar-refractivity contribution in [2.45, 2.75) is 38.1 Å². The fraction of sp³-hybridized carbons (Fsp3) is 0.833. The highest BCUT2D eigenvalue weighted by molar-refractivity contribution is 5.79. The molecule has 0 aromatic rings. The van der Waals surface area contributed by atoms with Crippen LogP contribution in [0.2, 0.25) is 0 Å². The predicted octanol–water partition coefficient (Wildman–Crippen LogP) is 0.891. The molecule has 1 unspecified atom stereocenters. The van der Waals surface area contributed by atoms with Gasteiger partial charge in [-0.05, 0) is 32.2 Å². The van der Waals surface area contributed by atoms with Crippen molar-refractivity contribution in [1.29, 1.82) is 5.26 Å². The van der Waals surface area contributed by atoms with E-state index < -0.39 is 0 Å². The molecule has 0 spiro atoms. The van der Waals surface area contributed by atoms with Crippen LogP contribution in [0.5, 0.6) is 0 Å². The summed E-state index contributed by atoms with van der Waals surface area (Å²) in [6.45, 7) is 2.47. The van der Waals surface area contributed by atoms with E-state index in [1.54, 1.807) is 0 Å². The zero-order chi connectivity index (χ0) is 11.4. The number of nitrogens with zero attached hydrogens (tertiary/aromatic N) is 2. The maximum atomic E-state index is 12.3. The van der Waals surface area contributed by atoms with Gasteiger partial charge in [0.15, 0.2) is 0 Å². The Bertz CT molecular complexity index is 287. The summed E-state index contributed by atoms with van der Waals surface area (Å²) in [5.41, 5.74) is 0. The van der Waals surface area contributed by atoms with Crippen molar-refractivity contribution in [3.05, 3.63) is 0 Å². The lowest BCUT2D eigenvalue weighted by molar-refractivity contribution is -0.136. The van der Waals surface area contributed by atoms with Crippen molar-refractivity contribution < 1.29 is 4.79 Å². The summed E-state index contributed by atoms with van der Waals surface area (Å²) in [6.07, 6.45) is 4.80. The van der Waals surface area contributed by atoms with Crippen LogP contribution in [0.1, 0.15) is 32.1 Å². The van der Waals surface area contributed by atoms with Crippen molar-refractivity contribution in [2.75, 3.05) is 19.6 Å². The van der Waals surface area contributed by atoms with Gasteiger partial charge in [-0.15, -0.1) is 0 Å². The second-order valence-corrected chi connectivity index (χ2v) is 4.71. The molecular weight excluding hydrogens is 202 g/mol. The minimum absolute atomic E-state index is 0.146. The normalized spacial score (nSPS) is 24.8. The van der Waals surface area contributed by atoms with Crippen LogP contribution in [0.15, 0.2) is 0 Å². The Kier molecular flexibility index (Phi) is 3.79. The first-order valence-electron chi connectivity index (χ1n) is 6.21. The molecule has 2 fully saturated rings. The summed E-state index contributed by atoms with van der Waals surface area (Å²) in [5.74, 6) is 0.415. The van der Waals surface area contributed by atoms with Gasteiger partial charge in [0.25, 0.3) is 0 Å². The molecule has 1 atom stereocenters. The van der Waals surface area contributed by atoms with E-state index in [4.69, 9.17) is 5.26 Å². The number of amides is 1. The quantitative estimate of drug-likeness (QED) is 0.767. The average Bonchev–Trinajstić information content (AvgIpc) is 3.15. The topological polar surface area (TPSA) is 56.1 Å². The van der Waals surface area contributed by atoms with Gasteiger partial charge in [0, 0.05) is 19.1 Å². The highest BCUT2D eigenvalue weighted by Gasteiger charge is 2.35. The minimum atomic E-state index is 0.146. The SMILES string of the molecule is N#CCCN(C(=O)C1CCCNC1)C1CC1. The average molecular weight is 221 g/mol. The van der Waals surface area contributed by atoms with Gasteiger partial charge in [0.05, 0.1) is 18.4 Å². The van der Waals surface area contributed by atoms with Gasteiger partial charge in [-0.25, -0.2) is 0 Å². The molecule has 2 aliphatic rings. The number of nitriles is 1. The van der Waals surface area contributed by atoms with Crippen LogP contribution in [0.4, 0.5) is 0 Å².